The van der Waals surface area contributed by atoms with Crippen LogP contribution >= 0.6 is 12.2 Å². The van der Waals surface area contributed by atoms with Gasteiger partial charge < -0.3 is 4.98 Å². The summed E-state index contributed by atoms with van der Waals surface area (Å²) in [6.45, 7) is 0. The molecular weight excluding hydrogens is 242 g/mol. The summed E-state index contributed by atoms with van der Waals surface area (Å²) in [5.74, 6) is 0. The van der Waals surface area contributed by atoms with Gasteiger partial charge in [0, 0.05) is 11.9 Å². The fraction of sp³-hybridized carbons (Fsp3) is 0. The zero-order chi connectivity index (χ0) is 12.4. The first kappa shape index (κ1) is 10.9. The molecule has 3 nitrogen and oxygen atoms in total. The summed E-state index contributed by atoms with van der Waals surface area (Å²) in [4.78, 5) is 7.54. The molecule has 0 radical (unpaired) electrons. The monoisotopic (exact) mass is 253 g/mol. The molecule has 18 heavy (non-hydrogen) atoms. The number of aromatic amines is 1. The highest BCUT2D eigenvalue weighted by Crippen LogP contribution is 2.18. The van der Waals surface area contributed by atoms with E-state index in [1.807, 2.05) is 59.2 Å². The van der Waals surface area contributed by atoms with Crippen molar-refractivity contribution in [1.82, 2.24) is 14.5 Å². The fourth-order valence-electron chi connectivity index (χ4n) is 1.88. The SMILES string of the molecule is S=c1[nH]c2cccnc2n1C1=C/C=C\C=C/C=C\1. The van der Waals surface area contributed by atoms with Gasteiger partial charge in [0.05, 0.1) is 5.52 Å². The van der Waals surface area contributed by atoms with E-state index in [2.05, 4.69) is 9.97 Å². The largest absolute Gasteiger partial charge is 0.329 e. The molecule has 3 rings (SSSR count). The predicted molar refractivity (Wildman–Crippen MR) is 76.6 cm³/mol. The van der Waals surface area contributed by atoms with Gasteiger partial charge in [0.2, 0.25) is 0 Å². The first-order valence-electron chi connectivity index (χ1n) is 5.64. The summed E-state index contributed by atoms with van der Waals surface area (Å²) >= 11 is 5.36. The molecule has 1 aliphatic rings. The molecule has 1 aliphatic carbocycles. The molecule has 0 saturated carbocycles. The number of rotatable bonds is 1. The topological polar surface area (TPSA) is 33.6 Å². The molecule has 0 saturated heterocycles. The van der Waals surface area contributed by atoms with E-state index in [0.717, 1.165) is 16.9 Å². The van der Waals surface area contributed by atoms with Crippen LogP contribution in [0.5, 0.6) is 0 Å². The first-order valence-corrected chi connectivity index (χ1v) is 6.05. The van der Waals surface area contributed by atoms with Crippen LogP contribution in [0.15, 0.2) is 60.9 Å². The van der Waals surface area contributed by atoms with E-state index in [9.17, 15) is 0 Å². The quantitative estimate of drug-likeness (QED) is 0.787. The van der Waals surface area contributed by atoms with E-state index in [1.54, 1.807) is 6.20 Å². The number of hydrogen-bond acceptors (Lipinski definition) is 2. The summed E-state index contributed by atoms with van der Waals surface area (Å²) in [6, 6.07) is 3.86. The van der Waals surface area contributed by atoms with Crippen LogP contribution < -0.4 is 0 Å². The maximum atomic E-state index is 5.36. The molecule has 0 fully saturated rings. The van der Waals surface area contributed by atoms with Crippen LogP contribution in [-0.4, -0.2) is 14.5 Å². The highest BCUT2D eigenvalue weighted by Gasteiger charge is 2.06. The molecule has 2 aromatic rings. The van der Waals surface area contributed by atoms with Crippen LogP contribution in [0.4, 0.5) is 0 Å². The van der Waals surface area contributed by atoms with Crippen molar-refractivity contribution in [3.63, 3.8) is 0 Å². The standard InChI is InChI=1S/C14H11N3S/c18-14-16-12-9-6-10-15-13(12)17(14)11-7-4-2-1-3-5-8-11/h1-10H,(H,16,18)/b2-1-,3-1?,4-2?,5-3-,7-4-,8-5?,11-7?,11-8+. The minimum Gasteiger partial charge on any atom is -0.329 e. The van der Waals surface area contributed by atoms with Crippen LogP contribution in [0.1, 0.15) is 0 Å². The Morgan fingerprint density at radius 2 is 1.94 bits per heavy atom. The Labute approximate surface area is 109 Å². The number of pyridine rings is 1. The Morgan fingerprint density at radius 3 is 2.89 bits per heavy atom. The van der Waals surface area contributed by atoms with Crippen LogP contribution in [0.3, 0.4) is 0 Å². The maximum absolute atomic E-state index is 5.36. The summed E-state index contributed by atoms with van der Waals surface area (Å²) in [7, 11) is 0. The number of hydrogen-bond donors (Lipinski definition) is 1. The Bertz CT molecular complexity index is 757. The summed E-state index contributed by atoms with van der Waals surface area (Å²) in [6.07, 6.45) is 15.7. The van der Waals surface area contributed by atoms with E-state index in [4.69, 9.17) is 12.2 Å². The first-order chi connectivity index (χ1) is 8.86. The number of nitrogens with zero attached hydrogens (tertiary/aromatic N) is 2. The lowest BCUT2D eigenvalue weighted by molar-refractivity contribution is 1.08. The zero-order valence-corrected chi connectivity index (χ0v) is 10.4. The van der Waals surface area contributed by atoms with Crippen molar-refractivity contribution in [3.8, 4) is 0 Å². The van der Waals surface area contributed by atoms with Crippen LogP contribution in [0, 0.1) is 4.77 Å². The Morgan fingerprint density at radius 1 is 1.11 bits per heavy atom. The Kier molecular flexibility index (Phi) is 2.78. The van der Waals surface area contributed by atoms with Crippen molar-refractivity contribution >= 4 is 29.1 Å². The average Bonchev–Trinajstić information content (AvgIpc) is 2.65. The lowest BCUT2D eigenvalue weighted by Gasteiger charge is -2.04. The minimum absolute atomic E-state index is 0.651. The molecule has 88 valence electrons. The van der Waals surface area contributed by atoms with Gasteiger partial charge >= 0.3 is 0 Å². The third-order valence-electron chi connectivity index (χ3n) is 2.68. The molecular formula is C14H11N3S. The van der Waals surface area contributed by atoms with Crippen molar-refractivity contribution < 1.29 is 0 Å². The number of aromatic nitrogens is 3. The summed E-state index contributed by atoms with van der Waals surface area (Å²) in [5, 5.41) is 0. The van der Waals surface area contributed by atoms with E-state index < -0.39 is 0 Å². The van der Waals surface area contributed by atoms with E-state index >= 15 is 0 Å². The molecule has 2 aromatic heterocycles. The number of H-pyrrole nitrogens is 1. The Hall–Kier alpha value is -2.20. The highest BCUT2D eigenvalue weighted by molar-refractivity contribution is 7.71. The minimum atomic E-state index is 0.651. The van der Waals surface area contributed by atoms with Gasteiger partial charge in [-0.15, -0.1) is 0 Å². The van der Waals surface area contributed by atoms with Gasteiger partial charge in [-0.05, 0) is 36.5 Å². The second-order valence-electron chi connectivity index (χ2n) is 3.86. The molecule has 0 unspecified atom stereocenters. The van der Waals surface area contributed by atoms with Gasteiger partial charge in [-0.2, -0.15) is 0 Å². The molecule has 0 spiro atoms. The van der Waals surface area contributed by atoms with Crippen molar-refractivity contribution in [1.29, 1.82) is 0 Å². The average molecular weight is 253 g/mol. The number of fused-ring (bicyclic) bond motifs is 1. The van der Waals surface area contributed by atoms with E-state index in [0.29, 0.717) is 4.77 Å². The van der Waals surface area contributed by atoms with Gasteiger partial charge in [0.1, 0.15) is 0 Å². The fourth-order valence-corrected chi connectivity index (χ4v) is 2.19. The third kappa shape index (κ3) is 1.87. The number of nitrogens with one attached hydrogen (secondary N) is 1. The van der Waals surface area contributed by atoms with Gasteiger partial charge in [-0.3, -0.25) is 4.57 Å². The van der Waals surface area contributed by atoms with Gasteiger partial charge in [-0.25, -0.2) is 4.98 Å². The van der Waals surface area contributed by atoms with Gasteiger partial charge in [0.15, 0.2) is 10.4 Å². The molecule has 0 atom stereocenters. The number of imidazole rings is 1. The summed E-state index contributed by atoms with van der Waals surface area (Å²) < 4.78 is 2.59. The molecule has 1 N–H and O–H groups in total. The zero-order valence-electron chi connectivity index (χ0n) is 9.58. The second kappa shape index (κ2) is 4.58. The highest BCUT2D eigenvalue weighted by atomic mass is 32.1. The molecule has 0 amide bonds. The maximum Gasteiger partial charge on any atom is 0.183 e. The van der Waals surface area contributed by atoms with Gasteiger partial charge in [-0.1, -0.05) is 30.4 Å². The lowest BCUT2D eigenvalue weighted by Crippen LogP contribution is -1.96. The van der Waals surface area contributed by atoms with E-state index in [1.165, 1.54) is 0 Å². The number of allylic oxidation sites excluding steroid dienone is 8. The lowest BCUT2D eigenvalue weighted by atomic mass is 10.2. The van der Waals surface area contributed by atoms with Crippen molar-refractivity contribution in [2.24, 2.45) is 0 Å². The molecule has 2 heterocycles. The second-order valence-corrected chi connectivity index (χ2v) is 4.25. The van der Waals surface area contributed by atoms with Crippen LogP contribution in [0.2, 0.25) is 0 Å². The summed E-state index contributed by atoms with van der Waals surface area (Å²) in [5.41, 5.74) is 2.78. The van der Waals surface area contributed by atoms with E-state index in [-0.39, 0.29) is 0 Å². The van der Waals surface area contributed by atoms with Crippen molar-refractivity contribution in [2.75, 3.05) is 0 Å². The molecule has 0 aromatic carbocycles. The molecule has 0 bridgehead atoms. The third-order valence-corrected chi connectivity index (χ3v) is 2.96. The molecule has 0 aliphatic heterocycles. The molecule has 4 heteroatoms. The smallest absolute Gasteiger partial charge is 0.183 e. The van der Waals surface area contributed by atoms with Crippen molar-refractivity contribution in [3.05, 3.63) is 65.6 Å². The predicted octanol–water partition coefficient (Wildman–Crippen LogP) is 3.62. The normalized spacial score (nSPS) is 22.8. The van der Waals surface area contributed by atoms with Crippen LogP contribution in [0.25, 0.3) is 16.9 Å². The van der Waals surface area contributed by atoms with Crippen LogP contribution in [-0.2, 0) is 0 Å². The van der Waals surface area contributed by atoms with Crippen molar-refractivity contribution in [2.45, 2.75) is 0 Å². The van der Waals surface area contributed by atoms with Gasteiger partial charge in [0.25, 0.3) is 0 Å². The Balaban J connectivity index is 2.26.